The van der Waals surface area contributed by atoms with Gasteiger partial charge in [0.1, 0.15) is 0 Å². The smallest absolute Gasteiger partial charge is 0.235 e. The van der Waals surface area contributed by atoms with E-state index in [1.807, 2.05) is 0 Å². The summed E-state index contributed by atoms with van der Waals surface area (Å²) in [6.45, 7) is 1.51. The van der Waals surface area contributed by atoms with Gasteiger partial charge in [0, 0.05) is 13.1 Å². The monoisotopic (exact) mass is 290 g/mol. The average molecular weight is 290 g/mol. The van der Waals surface area contributed by atoms with Crippen LogP contribution in [0, 0.1) is 0 Å². The summed E-state index contributed by atoms with van der Waals surface area (Å²) in [6, 6.07) is 0.213. The number of amides is 1. The van der Waals surface area contributed by atoms with E-state index in [0.717, 1.165) is 30.0 Å². The van der Waals surface area contributed by atoms with E-state index in [2.05, 4.69) is 5.32 Å². The van der Waals surface area contributed by atoms with Gasteiger partial charge in [-0.15, -0.1) is 0 Å². The van der Waals surface area contributed by atoms with Crippen LogP contribution in [0.2, 0.25) is 0 Å². The molecule has 1 N–H and O–H groups in total. The van der Waals surface area contributed by atoms with Gasteiger partial charge >= 0.3 is 0 Å². The first-order valence-electron chi connectivity index (χ1n) is 7.19. The van der Waals surface area contributed by atoms with Crippen molar-refractivity contribution >= 4 is 15.9 Å². The van der Waals surface area contributed by atoms with Crippen molar-refractivity contribution in [3.63, 3.8) is 0 Å². The predicted octanol–water partition coefficient (Wildman–Crippen LogP) is 1.50. The number of hydrogen-bond acceptors (Lipinski definition) is 3. The zero-order valence-electron chi connectivity index (χ0n) is 12.0. The lowest BCUT2D eigenvalue weighted by Crippen LogP contribution is -2.43. The fraction of sp³-hybridized carbons (Fsp3) is 0.923. The molecule has 0 heterocycles. The molecule has 1 amide bonds. The third-order valence-corrected chi connectivity index (χ3v) is 5.48. The normalized spacial score (nSPS) is 18.9. The number of hydrogen-bond donors (Lipinski definition) is 1. The fourth-order valence-corrected chi connectivity index (χ4v) is 3.15. The molecule has 0 spiro atoms. The SMILES string of the molecule is CCS(=O)(=O)N(C)CC(=O)NC1CCCCCCC1. The number of rotatable bonds is 5. The van der Waals surface area contributed by atoms with Crippen LogP contribution in [0.4, 0.5) is 0 Å². The van der Waals surface area contributed by atoms with E-state index < -0.39 is 10.0 Å². The second-order valence-corrected chi connectivity index (χ2v) is 7.63. The van der Waals surface area contributed by atoms with Crippen LogP contribution in [-0.2, 0) is 14.8 Å². The average Bonchev–Trinajstić information content (AvgIpc) is 2.32. The van der Waals surface area contributed by atoms with Crippen molar-refractivity contribution in [3.05, 3.63) is 0 Å². The fourth-order valence-electron chi connectivity index (χ4n) is 2.39. The summed E-state index contributed by atoms with van der Waals surface area (Å²) in [5.74, 6) is -0.162. The molecule has 0 atom stereocenters. The summed E-state index contributed by atoms with van der Waals surface area (Å²) in [5.41, 5.74) is 0. The van der Waals surface area contributed by atoms with Gasteiger partial charge in [0.05, 0.1) is 12.3 Å². The summed E-state index contributed by atoms with van der Waals surface area (Å²) in [7, 11) is -1.82. The Morgan fingerprint density at radius 1 is 1.16 bits per heavy atom. The molecular weight excluding hydrogens is 264 g/mol. The first-order valence-corrected chi connectivity index (χ1v) is 8.80. The molecule has 6 heteroatoms. The van der Waals surface area contributed by atoms with Crippen molar-refractivity contribution in [2.24, 2.45) is 0 Å². The number of sulfonamides is 1. The third kappa shape index (κ3) is 5.91. The molecule has 5 nitrogen and oxygen atoms in total. The van der Waals surface area contributed by atoms with Gasteiger partial charge in [-0.05, 0) is 19.8 Å². The molecule has 0 bridgehead atoms. The van der Waals surface area contributed by atoms with E-state index in [4.69, 9.17) is 0 Å². The first kappa shape index (κ1) is 16.4. The second kappa shape index (κ2) is 7.85. The number of carbonyl (C=O) groups excluding carboxylic acids is 1. The predicted molar refractivity (Wildman–Crippen MR) is 76.3 cm³/mol. The van der Waals surface area contributed by atoms with Crippen LogP contribution >= 0.6 is 0 Å². The van der Waals surface area contributed by atoms with Gasteiger partial charge in [-0.2, -0.15) is 4.31 Å². The third-order valence-electron chi connectivity index (χ3n) is 3.68. The molecule has 0 radical (unpaired) electrons. The van der Waals surface area contributed by atoms with E-state index >= 15 is 0 Å². The van der Waals surface area contributed by atoms with E-state index in [1.54, 1.807) is 6.92 Å². The van der Waals surface area contributed by atoms with Crippen LogP contribution in [0.3, 0.4) is 0 Å². The molecule has 0 aliphatic heterocycles. The molecule has 1 saturated carbocycles. The van der Waals surface area contributed by atoms with Gasteiger partial charge in [-0.1, -0.05) is 32.1 Å². The molecule has 1 rings (SSSR count). The van der Waals surface area contributed by atoms with E-state index in [1.165, 1.54) is 26.3 Å². The number of nitrogens with zero attached hydrogens (tertiary/aromatic N) is 1. The molecule has 0 aromatic carbocycles. The molecule has 1 aliphatic carbocycles. The van der Waals surface area contributed by atoms with Crippen molar-refractivity contribution in [2.75, 3.05) is 19.3 Å². The number of likely N-dealkylation sites (N-methyl/N-ethyl adjacent to an activating group) is 1. The molecule has 19 heavy (non-hydrogen) atoms. The Balaban J connectivity index is 2.41. The van der Waals surface area contributed by atoms with Gasteiger partial charge in [-0.25, -0.2) is 8.42 Å². The molecular formula is C13H26N2O3S. The Kier molecular flexibility index (Phi) is 6.79. The van der Waals surface area contributed by atoms with Crippen molar-refractivity contribution in [2.45, 2.75) is 57.9 Å². The van der Waals surface area contributed by atoms with Gasteiger partial charge < -0.3 is 5.32 Å². The molecule has 112 valence electrons. The van der Waals surface area contributed by atoms with Gasteiger partial charge in [0.2, 0.25) is 15.9 Å². The molecule has 0 aromatic heterocycles. The largest absolute Gasteiger partial charge is 0.352 e. The minimum atomic E-state index is -3.27. The van der Waals surface area contributed by atoms with Gasteiger partial charge in [-0.3, -0.25) is 4.79 Å². The highest BCUT2D eigenvalue weighted by Crippen LogP contribution is 2.17. The Morgan fingerprint density at radius 2 is 1.68 bits per heavy atom. The Labute approximate surface area is 116 Å². The summed E-state index contributed by atoms with van der Waals surface area (Å²) in [5, 5.41) is 2.97. The maximum absolute atomic E-state index is 11.9. The van der Waals surface area contributed by atoms with Gasteiger partial charge in [0.15, 0.2) is 0 Å². The zero-order chi connectivity index (χ0) is 14.3. The van der Waals surface area contributed by atoms with Crippen LogP contribution in [0.25, 0.3) is 0 Å². The lowest BCUT2D eigenvalue weighted by molar-refractivity contribution is -0.121. The molecule has 1 aliphatic rings. The quantitative estimate of drug-likeness (QED) is 0.834. The van der Waals surface area contributed by atoms with Crippen LogP contribution in [-0.4, -0.2) is 44.0 Å². The maximum atomic E-state index is 11.9. The van der Waals surface area contributed by atoms with Crippen molar-refractivity contribution < 1.29 is 13.2 Å². The minimum Gasteiger partial charge on any atom is -0.352 e. The highest BCUT2D eigenvalue weighted by Gasteiger charge is 2.20. The Morgan fingerprint density at radius 3 is 2.21 bits per heavy atom. The summed E-state index contributed by atoms with van der Waals surface area (Å²) < 4.78 is 24.3. The molecule has 0 unspecified atom stereocenters. The maximum Gasteiger partial charge on any atom is 0.235 e. The molecule has 1 fully saturated rings. The highest BCUT2D eigenvalue weighted by atomic mass is 32.2. The van der Waals surface area contributed by atoms with Crippen LogP contribution < -0.4 is 5.32 Å². The van der Waals surface area contributed by atoms with Gasteiger partial charge in [0.25, 0.3) is 0 Å². The molecule has 0 aromatic rings. The summed E-state index contributed by atoms with van der Waals surface area (Å²) >= 11 is 0. The summed E-state index contributed by atoms with van der Waals surface area (Å²) in [4.78, 5) is 11.9. The Hall–Kier alpha value is -0.620. The Bertz CT molecular complexity index is 373. The zero-order valence-corrected chi connectivity index (χ0v) is 12.8. The van der Waals surface area contributed by atoms with Crippen LogP contribution in [0.5, 0.6) is 0 Å². The highest BCUT2D eigenvalue weighted by molar-refractivity contribution is 7.89. The number of carbonyl (C=O) groups is 1. The lowest BCUT2D eigenvalue weighted by atomic mass is 9.97. The van der Waals surface area contributed by atoms with Crippen molar-refractivity contribution in [1.82, 2.24) is 9.62 Å². The van der Waals surface area contributed by atoms with Crippen LogP contribution in [0.15, 0.2) is 0 Å². The van der Waals surface area contributed by atoms with Crippen molar-refractivity contribution in [3.8, 4) is 0 Å². The topological polar surface area (TPSA) is 66.5 Å². The molecule has 0 saturated heterocycles. The van der Waals surface area contributed by atoms with E-state index in [-0.39, 0.29) is 24.2 Å². The standard InChI is InChI=1S/C13H26N2O3S/c1-3-19(17,18)15(2)11-13(16)14-12-9-7-5-4-6-8-10-12/h12H,3-11H2,1-2H3,(H,14,16). The van der Waals surface area contributed by atoms with Crippen molar-refractivity contribution in [1.29, 1.82) is 0 Å². The number of nitrogens with one attached hydrogen (secondary N) is 1. The van der Waals surface area contributed by atoms with Crippen LogP contribution in [0.1, 0.15) is 51.9 Å². The van der Waals surface area contributed by atoms with E-state index in [9.17, 15) is 13.2 Å². The lowest BCUT2D eigenvalue weighted by Gasteiger charge is -2.22. The minimum absolute atomic E-state index is 0.0280. The summed E-state index contributed by atoms with van der Waals surface area (Å²) in [6.07, 6.45) is 8.07. The second-order valence-electron chi connectivity index (χ2n) is 5.27. The first-order chi connectivity index (χ1) is 8.95. The van der Waals surface area contributed by atoms with E-state index in [0.29, 0.717) is 0 Å².